The second-order valence-corrected chi connectivity index (χ2v) is 5.71. The lowest BCUT2D eigenvalue weighted by atomic mass is 10.2. The van der Waals surface area contributed by atoms with Gasteiger partial charge in [0.1, 0.15) is 0 Å². The van der Waals surface area contributed by atoms with Gasteiger partial charge in [-0.3, -0.25) is 19.2 Å². The van der Waals surface area contributed by atoms with E-state index in [0.29, 0.717) is 18.7 Å². The fourth-order valence-corrected chi connectivity index (χ4v) is 2.06. The summed E-state index contributed by atoms with van der Waals surface area (Å²) in [6.07, 6.45) is 4.42. The number of ether oxygens (including phenoxy) is 2. The lowest BCUT2D eigenvalue weighted by molar-refractivity contribution is -0.134. The van der Waals surface area contributed by atoms with E-state index in [1.165, 1.54) is 39.0 Å². The summed E-state index contributed by atoms with van der Waals surface area (Å²) in [4.78, 5) is 44.8. The molecule has 8 nitrogen and oxygen atoms in total. The number of amides is 2. The van der Waals surface area contributed by atoms with Crippen molar-refractivity contribution in [2.45, 2.75) is 33.6 Å². The number of hydrogen-bond donors (Lipinski definition) is 2. The van der Waals surface area contributed by atoms with E-state index >= 15 is 0 Å². The summed E-state index contributed by atoms with van der Waals surface area (Å²) in [5.41, 5.74) is 0.600. The van der Waals surface area contributed by atoms with Crippen molar-refractivity contribution in [2.75, 3.05) is 13.1 Å². The van der Waals surface area contributed by atoms with Gasteiger partial charge in [0.15, 0.2) is 11.5 Å². The van der Waals surface area contributed by atoms with Crippen LogP contribution in [0, 0.1) is 0 Å². The Hall–Kier alpha value is -3.16. The van der Waals surface area contributed by atoms with Crippen LogP contribution in [-0.2, 0) is 19.2 Å². The molecule has 0 aliphatic heterocycles. The zero-order valence-corrected chi connectivity index (χ0v) is 15.7. The van der Waals surface area contributed by atoms with Crippen LogP contribution in [0.4, 0.5) is 0 Å². The molecule has 0 bridgehead atoms. The summed E-state index contributed by atoms with van der Waals surface area (Å²) < 4.78 is 10.0. The first-order valence-corrected chi connectivity index (χ1v) is 8.49. The predicted octanol–water partition coefficient (Wildman–Crippen LogP) is 1.58. The number of unbranched alkanes of at least 4 members (excludes halogenated alkanes) is 1. The standard InChI is InChI=1S/C19H24N2O6/c1-13(22)20-10-4-5-11-21-19(25)9-7-16-6-8-17(26-14(2)23)18(12-16)27-15(3)24/h6-9,12H,4-5,10-11H2,1-3H3,(H,20,22)(H,21,25)/b9-7+. The number of carbonyl (C=O) groups is 4. The predicted molar refractivity (Wildman–Crippen MR) is 99.0 cm³/mol. The topological polar surface area (TPSA) is 111 Å². The molecule has 0 fully saturated rings. The molecule has 2 amide bonds. The van der Waals surface area contributed by atoms with E-state index in [9.17, 15) is 19.2 Å². The van der Waals surface area contributed by atoms with Crippen molar-refractivity contribution in [1.82, 2.24) is 10.6 Å². The molecule has 0 aliphatic carbocycles. The van der Waals surface area contributed by atoms with Crippen LogP contribution in [-0.4, -0.2) is 36.8 Å². The van der Waals surface area contributed by atoms with Gasteiger partial charge < -0.3 is 20.1 Å². The number of nitrogens with one attached hydrogen (secondary N) is 2. The second-order valence-electron chi connectivity index (χ2n) is 5.71. The smallest absolute Gasteiger partial charge is 0.308 e. The van der Waals surface area contributed by atoms with Crippen molar-refractivity contribution >= 4 is 29.8 Å². The Morgan fingerprint density at radius 3 is 2.07 bits per heavy atom. The molecular weight excluding hydrogens is 352 g/mol. The molecule has 1 aromatic rings. The maximum atomic E-state index is 11.8. The molecule has 0 aliphatic rings. The maximum Gasteiger partial charge on any atom is 0.308 e. The van der Waals surface area contributed by atoms with Crippen LogP contribution in [0.2, 0.25) is 0 Å². The number of hydrogen-bond acceptors (Lipinski definition) is 6. The second kappa shape index (κ2) is 11.5. The molecule has 2 N–H and O–H groups in total. The van der Waals surface area contributed by atoms with Gasteiger partial charge in [-0.1, -0.05) is 6.07 Å². The Morgan fingerprint density at radius 1 is 0.889 bits per heavy atom. The van der Waals surface area contributed by atoms with Crippen molar-refractivity contribution in [1.29, 1.82) is 0 Å². The minimum absolute atomic E-state index is 0.0742. The van der Waals surface area contributed by atoms with Gasteiger partial charge in [0.2, 0.25) is 11.8 Å². The van der Waals surface area contributed by atoms with Crippen LogP contribution in [0.3, 0.4) is 0 Å². The zero-order chi connectivity index (χ0) is 20.2. The minimum atomic E-state index is -0.554. The van der Waals surface area contributed by atoms with Gasteiger partial charge in [0, 0.05) is 39.9 Å². The van der Waals surface area contributed by atoms with E-state index in [0.717, 1.165) is 12.8 Å². The Labute approximate surface area is 157 Å². The largest absolute Gasteiger partial charge is 0.423 e. The molecule has 0 spiro atoms. The molecule has 0 aromatic heterocycles. The maximum absolute atomic E-state index is 11.8. The Kier molecular flexibility index (Phi) is 9.28. The highest BCUT2D eigenvalue weighted by Crippen LogP contribution is 2.29. The van der Waals surface area contributed by atoms with Crippen molar-refractivity contribution in [3.63, 3.8) is 0 Å². The molecule has 8 heteroatoms. The summed E-state index contributed by atoms with van der Waals surface area (Å²) in [5, 5.41) is 5.41. The summed E-state index contributed by atoms with van der Waals surface area (Å²) in [6, 6.07) is 4.61. The van der Waals surface area contributed by atoms with Crippen molar-refractivity contribution in [2.24, 2.45) is 0 Å². The van der Waals surface area contributed by atoms with Gasteiger partial charge in [0.25, 0.3) is 0 Å². The lowest BCUT2D eigenvalue weighted by Gasteiger charge is -2.09. The van der Waals surface area contributed by atoms with Crippen molar-refractivity contribution in [3.05, 3.63) is 29.8 Å². The van der Waals surface area contributed by atoms with Crippen LogP contribution < -0.4 is 20.1 Å². The zero-order valence-electron chi connectivity index (χ0n) is 15.7. The fraction of sp³-hybridized carbons (Fsp3) is 0.368. The van der Waals surface area contributed by atoms with Gasteiger partial charge in [-0.2, -0.15) is 0 Å². The highest BCUT2D eigenvalue weighted by molar-refractivity contribution is 5.91. The lowest BCUT2D eigenvalue weighted by Crippen LogP contribution is -2.24. The molecule has 0 heterocycles. The molecule has 0 atom stereocenters. The third-order valence-corrected chi connectivity index (χ3v) is 3.18. The van der Waals surface area contributed by atoms with Crippen molar-refractivity contribution < 1.29 is 28.7 Å². The molecule has 0 saturated carbocycles. The van der Waals surface area contributed by atoms with E-state index in [4.69, 9.17) is 9.47 Å². The van der Waals surface area contributed by atoms with Crippen LogP contribution in [0.1, 0.15) is 39.2 Å². The molecule has 1 aromatic carbocycles. The third kappa shape index (κ3) is 9.78. The summed E-state index contributed by atoms with van der Waals surface area (Å²) in [5.74, 6) is -1.22. The van der Waals surface area contributed by atoms with Gasteiger partial charge >= 0.3 is 11.9 Å². The van der Waals surface area contributed by atoms with Gasteiger partial charge in [-0.05, 0) is 36.6 Å². The highest BCUT2D eigenvalue weighted by atomic mass is 16.6. The molecule has 27 heavy (non-hydrogen) atoms. The van der Waals surface area contributed by atoms with Crippen LogP contribution in [0.15, 0.2) is 24.3 Å². The number of benzene rings is 1. The van der Waals surface area contributed by atoms with E-state index < -0.39 is 11.9 Å². The normalized spacial score (nSPS) is 10.3. The summed E-state index contributed by atoms with van der Waals surface area (Å²) in [7, 11) is 0. The molecule has 0 unspecified atom stereocenters. The Balaban J connectivity index is 2.58. The van der Waals surface area contributed by atoms with Crippen LogP contribution in [0.25, 0.3) is 6.08 Å². The fourth-order valence-electron chi connectivity index (χ4n) is 2.06. The molecule has 0 saturated heterocycles. The van der Waals surface area contributed by atoms with Crippen LogP contribution in [0.5, 0.6) is 11.5 Å². The van der Waals surface area contributed by atoms with Crippen molar-refractivity contribution in [3.8, 4) is 11.5 Å². The number of esters is 2. The third-order valence-electron chi connectivity index (χ3n) is 3.18. The highest BCUT2D eigenvalue weighted by Gasteiger charge is 2.10. The van der Waals surface area contributed by atoms with Gasteiger partial charge in [-0.25, -0.2) is 0 Å². The first kappa shape index (κ1) is 21.9. The average molecular weight is 376 g/mol. The summed E-state index contributed by atoms with van der Waals surface area (Å²) in [6.45, 7) is 5.00. The van der Waals surface area contributed by atoms with Gasteiger partial charge in [0.05, 0.1) is 0 Å². The van der Waals surface area contributed by atoms with Crippen LogP contribution >= 0.6 is 0 Å². The molecular formula is C19H24N2O6. The number of rotatable bonds is 9. The molecule has 1 rings (SSSR count). The average Bonchev–Trinajstić information content (AvgIpc) is 2.57. The SMILES string of the molecule is CC(=O)NCCCCNC(=O)/C=C/c1ccc(OC(C)=O)c(OC(C)=O)c1. The first-order chi connectivity index (χ1) is 12.8. The first-order valence-electron chi connectivity index (χ1n) is 8.49. The van der Waals surface area contributed by atoms with Gasteiger partial charge in [-0.15, -0.1) is 0 Å². The monoisotopic (exact) mass is 376 g/mol. The van der Waals surface area contributed by atoms with E-state index in [2.05, 4.69) is 10.6 Å². The van der Waals surface area contributed by atoms with E-state index in [-0.39, 0.29) is 23.3 Å². The Morgan fingerprint density at radius 2 is 1.48 bits per heavy atom. The number of carbonyl (C=O) groups excluding carboxylic acids is 4. The Bertz CT molecular complexity index is 727. The minimum Gasteiger partial charge on any atom is -0.423 e. The molecule has 146 valence electrons. The van der Waals surface area contributed by atoms with E-state index in [1.807, 2.05) is 0 Å². The summed E-state index contributed by atoms with van der Waals surface area (Å²) >= 11 is 0. The quantitative estimate of drug-likeness (QED) is 0.293. The molecule has 0 radical (unpaired) electrons. The van der Waals surface area contributed by atoms with E-state index in [1.54, 1.807) is 12.1 Å².